The van der Waals surface area contributed by atoms with Crippen LogP contribution in [-0.2, 0) is 6.54 Å². The van der Waals surface area contributed by atoms with Gasteiger partial charge in [-0.1, -0.05) is 24.3 Å². The van der Waals surface area contributed by atoms with Gasteiger partial charge in [0.1, 0.15) is 5.75 Å². The SMILES string of the molecule is Oc1ccc(NCc2ccc(C(F)F)cc2)cc1. The number of phenols is 1. The number of aromatic hydroxyl groups is 1. The average molecular weight is 249 g/mol. The first-order valence-electron chi connectivity index (χ1n) is 5.55. The first-order valence-corrected chi connectivity index (χ1v) is 5.55. The highest BCUT2D eigenvalue weighted by atomic mass is 19.3. The number of anilines is 1. The third-order valence-corrected chi connectivity index (χ3v) is 2.60. The minimum absolute atomic E-state index is 0.0309. The van der Waals surface area contributed by atoms with Gasteiger partial charge in [0.2, 0.25) is 0 Å². The van der Waals surface area contributed by atoms with Gasteiger partial charge in [-0.2, -0.15) is 0 Å². The van der Waals surface area contributed by atoms with Gasteiger partial charge in [-0.3, -0.25) is 0 Å². The number of hydrogen-bond donors (Lipinski definition) is 2. The summed E-state index contributed by atoms with van der Waals surface area (Å²) in [5.74, 6) is 0.210. The summed E-state index contributed by atoms with van der Waals surface area (Å²) < 4.78 is 24.7. The molecule has 18 heavy (non-hydrogen) atoms. The second kappa shape index (κ2) is 5.49. The van der Waals surface area contributed by atoms with Crippen LogP contribution in [-0.4, -0.2) is 5.11 Å². The summed E-state index contributed by atoms with van der Waals surface area (Å²) in [6.07, 6.45) is -2.43. The fraction of sp³-hybridized carbons (Fsp3) is 0.143. The highest BCUT2D eigenvalue weighted by molar-refractivity contribution is 5.46. The lowest BCUT2D eigenvalue weighted by molar-refractivity contribution is 0.151. The largest absolute Gasteiger partial charge is 0.508 e. The fourth-order valence-corrected chi connectivity index (χ4v) is 1.56. The van der Waals surface area contributed by atoms with Crippen molar-refractivity contribution in [1.82, 2.24) is 0 Å². The van der Waals surface area contributed by atoms with Crippen LogP contribution < -0.4 is 5.32 Å². The number of rotatable bonds is 4. The topological polar surface area (TPSA) is 32.3 Å². The molecular weight excluding hydrogens is 236 g/mol. The van der Waals surface area contributed by atoms with E-state index in [-0.39, 0.29) is 11.3 Å². The molecule has 0 bridgehead atoms. The minimum Gasteiger partial charge on any atom is -0.508 e. The zero-order chi connectivity index (χ0) is 13.0. The Hall–Kier alpha value is -2.10. The van der Waals surface area contributed by atoms with Gasteiger partial charge in [0.15, 0.2) is 0 Å². The van der Waals surface area contributed by atoms with E-state index in [2.05, 4.69) is 5.32 Å². The highest BCUT2D eigenvalue weighted by Crippen LogP contribution is 2.19. The van der Waals surface area contributed by atoms with Gasteiger partial charge in [0, 0.05) is 17.8 Å². The van der Waals surface area contributed by atoms with Crippen LogP contribution in [0, 0.1) is 0 Å². The maximum absolute atomic E-state index is 12.3. The molecule has 2 aromatic rings. The monoisotopic (exact) mass is 249 g/mol. The van der Waals surface area contributed by atoms with Crippen molar-refractivity contribution in [3.05, 3.63) is 59.7 Å². The Morgan fingerprint density at radius 1 is 0.944 bits per heavy atom. The van der Waals surface area contributed by atoms with Crippen LogP contribution in [0.15, 0.2) is 48.5 Å². The van der Waals surface area contributed by atoms with E-state index in [9.17, 15) is 8.78 Å². The number of benzene rings is 2. The summed E-state index contributed by atoms with van der Waals surface area (Å²) in [6, 6.07) is 12.9. The number of phenolic OH excluding ortho intramolecular Hbond substituents is 1. The molecule has 0 unspecified atom stereocenters. The Morgan fingerprint density at radius 2 is 1.56 bits per heavy atom. The summed E-state index contributed by atoms with van der Waals surface area (Å²) in [5, 5.41) is 12.3. The lowest BCUT2D eigenvalue weighted by Gasteiger charge is -2.07. The molecule has 2 N–H and O–H groups in total. The molecule has 0 aliphatic rings. The third-order valence-electron chi connectivity index (χ3n) is 2.60. The second-order valence-corrected chi connectivity index (χ2v) is 3.94. The summed E-state index contributed by atoms with van der Waals surface area (Å²) >= 11 is 0. The molecule has 0 amide bonds. The van der Waals surface area contributed by atoms with Gasteiger partial charge in [0.05, 0.1) is 0 Å². The minimum atomic E-state index is -2.43. The lowest BCUT2D eigenvalue weighted by Crippen LogP contribution is -1.99. The molecule has 0 aromatic heterocycles. The summed E-state index contributed by atoms with van der Waals surface area (Å²) in [4.78, 5) is 0. The van der Waals surface area contributed by atoms with E-state index in [1.165, 1.54) is 12.1 Å². The number of alkyl halides is 2. The smallest absolute Gasteiger partial charge is 0.263 e. The van der Waals surface area contributed by atoms with Crippen molar-refractivity contribution in [2.45, 2.75) is 13.0 Å². The predicted molar refractivity (Wildman–Crippen MR) is 66.8 cm³/mol. The van der Waals surface area contributed by atoms with E-state index >= 15 is 0 Å². The van der Waals surface area contributed by atoms with Crippen LogP contribution in [0.1, 0.15) is 17.6 Å². The average Bonchev–Trinajstić information content (AvgIpc) is 2.38. The van der Waals surface area contributed by atoms with Gasteiger partial charge in [-0.05, 0) is 29.8 Å². The number of nitrogens with one attached hydrogen (secondary N) is 1. The number of hydrogen-bond acceptors (Lipinski definition) is 2. The van der Waals surface area contributed by atoms with Crippen LogP contribution in [0.4, 0.5) is 14.5 Å². The molecule has 0 saturated carbocycles. The molecule has 0 saturated heterocycles. The van der Waals surface area contributed by atoms with Gasteiger partial charge >= 0.3 is 0 Å². The maximum Gasteiger partial charge on any atom is 0.263 e. The Balaban J connectivity index is 1.95. The summed E-state index contributed by atoms with van der Waals surface area (Å²) in [5.41, 5.74) is 1.82. The van der Waals surface area contributed by atoms with Gasteiger partial charge in [-0.25, -0.2) is 8.78 Å². The van der Waals surface area contributed by atoms with Crippen molar-refractivity contribution >= 4 is 5.69 Å². The molecule has 0 aliphatic carbocycles. The number of halogens is 2. The van der Waals surface area contributed by atoms with E-state index in [0.717, 1.165) is 11.3 Å². The van der Waals surface area contributed by atoms with Crippen LogP contribution in [0.2, 0.25) is 0 Å². The molecule has 0 heterocycles. The van der Waals surface area contributed by atoms with Crippen molar-refractivity contribution in [3.63, 3.8) is 0 Å². The van der Waals surface area contributed by atoms with Crippen LogP contribution >= 0.6 is 0 Å². The van der Waals surface area contributed by atoms with E-state index in [1.54, 1.807) is 36.4 Å². The molecule has 94 valence electrons. The third kappa shape index (κ3) is 3.20. The molecule has 0 aliphatic heterocycles. The first-order chi connectivity index (χ1) is 8.65. The molecule has 0 fully saturated rings. The predicted octanol–water partition coefficient (Wildman–Crippen LogP) is 3.94. The molecule has 4 heteroatoms. The standard InChI is InChI=1S/C14H13F2NO/c15-14(16)11-3-1-10(2-4-11)9-17-12-5-7-13(18)8-6-12/h1-8,14,17-18H,9H2. The molecule has 2 aromatic carbocycles. The fourth-order valence-electron chi connectivity index (χ4n) is 1.56. The Kier molecular flexibility index (Phi) is 3.77. The van der Waals surface area contributed by atoms with E-state index in [1.807, 2.05) is 0 Å². The molecule has 0 radical (unpaired) electrons. The molecule has 0 spiro atoms. The van der Waals surface area contributed by atoms with E-state index in [4.69, 9.17) is 5.11 Å². The van der Waals surface area contributed by atoms with Gasteiger partial charge in [0.25, 0.3) is 6.43 Å². The normalized spacial score (nSPS) is 10.6. The van der Waals surface area contributed by atoms with Gasteiger partial charge in [-0.15, -0.1) is 0 Å². The second-order valence-electron chi connectivity index (χ2n) is 3.94. The quantitative estimate of drug-likeness (QED) is 0.804. The van der Waals surface area contributed by atoms with Crippen LogP contribution in [0.3, 0.4) is 0 Å². The first kappa shape index (κ1) is 12.4. The maximum atomic E-state index is 12.3. The Labute approximate surface area is 104 Å². The van der Waals surface area contributed by atoms with Gasteiger partial charge < -0.3 is 10.4 Å². The van der Waals surface area contributed by atoms with Crippen molar-refractivity contribution in [2.24, 2.45) is 0 Å². The zero-order valence-electron chi connectivity index (χ0n) is 9.61. The van der Waals surface area contributed by atoms with Crippen molar-refractivity contribution in [2.75, 3.05) is 5.32 Å². The molecule has 2 nitrogen and oxygen atoms in total. The van der Waals surface area contributed by atoms with Crippen molar-refractivity contribution in [3.8, 4) is 5.75 Å². The van der Waals surface area contributed by atoms with Crippen LogP contribution in [0.25, 0.3) is 0 Å². The van der Waals surface area contributed by atoms with Crippen molar-refractivity contribution < 1.29 is 13.9 Å². The van der Waals surface area contributed by atoms with E-state index in [0.29, 0.717) is 6.54 Å². The Bertz CT molecular complexity index is 494. The summed E-state index contributed by atoms with van der Waals surface area (Å²) in [7, 11) is 0. The van der Waals surface area contributed by atoms with E-state index < -0.39 is 6.43 Å². The molecule has 2 rings (SSSR count). The zero-order valence-corrected chi connectivity index (χ0v) is 9.61. The molecular formula is C14H13F2NO. The van der Waals surface area contributed by atoms with Crippen LogP contribution in [0.5, 0.6) is 5.75 Å². The molecule has 0 atom stereocenters. The summed E-state index contributed by atoms with van der Waals surface area (Å²) in [6.45, 7) is 0.550. The lowest BCUT2D eigenvalue weighted by atomic mass is 10.1. The highest BCUT2D eigenvalue weighted by Gasteiger charge is 2.05. The Morgan fingerprint density at radius 3 is 2.11 bits per heavy atom. The van der Waals surface area contributed by atoms with Crippen molar-refractivity contribution in [1.29, 1.82) is 0 Å².